The molecule has 1 aliphatic rings. The topological polar surface area (TPSA) is 54.7 Å². The van der Waals surface area contributed by atoms with Crippen molar-refractivity contribution in [3.63, 3.8) is 0 Å². The molecule has 0 spiro atoms. The SMILES string of the molecule is CNC(=O)CN(CCc1cccc(OCC2CC2)c1)Cc1ccco1.Cl. The molecule has 0 aliphatic heterocycles. The second kappa shape index (κ2) is 10.2. The summed E-state index contributed by atoms with van der Waals surface area (Å²) in [5, 5.41) is 2.68. The van der Waals surface area contributed by atoms with E-state index >= 15 is 0 Å². The molecule has 1 fully saturated rings. The molecular formula is C20H27ClN2O3. The van der Waals surface area contributed by atoms with Crippen molar-refractivity contribution < 1.29 is 13.9 Å². The number of hydrogen-bond acceptors (Lipinski definition) is 4. The molecule has 0 atom stereocenters. The van der Waals surface area contributed by atoms with E-state index in [1.54, 1.807) is 13.3 Å². The van der Waals surface area contributed by atoms with Crippen LogP contribution in [0.1, 0.15) is 24.2 Å². The van der Waals surface area contributed by atoms with Gasteiger partial charge in [0.05, 0.1) is 26.0 Å². The zero-order valence-electron chi connectivity index (χ0n) is 15.1. The molecule has 5 nitrogen and oxygen atoms in total. The van der Waals surface area contributed by atoms with Crippen LogP contribution in [0.4, 0.5) is 0 Å². The van der Waals surface area contributed by atoms with Gasteiger partial charge in [0.1, 0.15) is 11.5 Å². The fraction of sp³-hybridized carbons (Fsp3) is 0.450. The first-order valence-corrected chi connectivity index (χ1v) is 8.90. The standard InChI is InChI=1S/C20H26N2O3.ClH/c1-21-20(23)14-22(13-19-6-3-11-24-19)10-9-16-4-2-5-18(12-16)25-15-17-7-8-17;/h2-6,11-12,17H,7-10,13-15H2,1H3,(H,21,23);1H. The van der Waals surface area contributed by atoms with Crippen LogP contribution in [0.2, 0.25) is 0 Å². The number of nitrogens with zero attached hydrogens (tertiary/aromatic N) is 1. The predicted octanol–water partition coefficient (Wildman–Crippen LogP) is 3.28. The molecule has 1 amide bonds. The molecule has 1 aliphatic carbocycles. The van der Waals surface area contributed by atoms with E-state index < -0.39 is 0 Å². The van der Waals surface area contributed by atoms with Crippen molar-refractivity contribution in [2.45, 2.75) is 25.8 Å². The van der Waals surface area contributed by atoms with Gasteiger partial charge in [-0.15, -0.1) is 12.4 Å². The minimum Gasteiger partial charge on any atom is -0.493 e. The number of hydrogen-bond donors (Lipinski definition) is 1. The van der Waals surface area contributed by atoms with Crippen LogP contribution in [0.25, 0.3) is 0 Å². The number of furan rings is 1. The van der Waals surface area contributed by atoms with Crippen molar-refractivity contribution >= 4 is 18.3 Å². The zero-order chi connectivity index (χ0) is 17.5. The number of halogens is 1. The second-order valence-corrected chi connectivity index (χ2v) is 6.61. The van der Waals surface area contributed by atoms with E-state index in [2.05, 4.69) is 22.3 Å². The minimum absolute atomic E-state index is 0. The van der Waals surface area contributed by atoms with Gasteiger partial charge in [-0.25, -0.2) is 0 Å². The molecule has 1 aromatic carbocycles. The average molecular weight is 379 g/mol. The van der Waals surface area contributed by atoms with Crippen LogP contribution in [-0.2, 0) is 17.8 Å². The van der Waals surface area contributed by atoms with Crippen LogP contribution in [0.3, 0.4) is 0 Å². The first kappa shape index (κ1) is 20.3. The quantitative estimate of drug-likeness (QED) is 0.689. The van der Waals surface area contributed by atoms with E-state index in [-0.39, 0.29) is 18.3 Å². The Morgan fingerprint density at radius 1 is 1.31 bits per heavy atom. The first-order chi connectivity index (χ1) is 12.2. The number of carbonyl (C=O) groups excluding carboxylic acids is 1. The van der Waals surface area contributed by atoms with E-state index in [4.69, 9.17) is 9.15 Å². The summed E-state index contributed by atoms with van der Waals surface area (Å²) >= 11 is 0. The smallest absolute Gasteiger partial charge is 0.233 e. The molecule has 1 saturated carbocycles. The van der Waals surface area contributed by atoms with Crippen molar-refractivity contribution in [2.75, 3.05) is 26.7 Å². The Labute approximate surface area is 161 Å². The summed E-state index contributed by atoms with van der Waals surface area (Å²) in [6, 6.07) is 12.1. The normalized spacial score (nSPS) is 13.3. The van der Waals surface area contributed by atoms with Gasteiger partial charge in [-0.05, 0) is 55.0 Å². The third-order valence-electron chi connectivity index (χ3n) is 4.40. The fourth-order valence-corrected chi connectivity index (χ4v) is 2.70. The highest BCUT2D eigenvalue weighted by molar-refractivity contribution is 5.85. The van der Waals surface area contributed by atoms with E-state index in [1.807, 2.05) is 24.3 Å². The molecule has 142 valence electrons. The number of amides is 1. The molecule has 0 saturated heterocycles. The summed E-state index contributed by atoms with van der Waals surface area (Å²) in [6.07, 6.45) is 5.11. The molecule has 0 radical (unpaired) electrons. The number of carbonyl (C=O) groups is 1. The van der Waals surface area contributed by atoms with Crippen LogP contribution in [0.15, 0.2) is 47.1 Å². The van der Waals surface area contributed by atoms with Crippen LogP contribution in [-0.4, -0.2) is 37.6 Å². The highest BCUT2D eigenvalue weighted by atomic mass is 35.5. The lowest BCUT2D eigenvalue weighted by Gasteiger charge is -2.20. The summed E-state index contributed by atoms with van der Waals surface area (Å²) in [5.41, 5.74) is 1.22. The van der Waals surface area contributed by atoms with Gasteiger partial charge in [0, 0.05) is 13.6 Å². The summed E-state index contributed by atoms with van der Waals surface area (Å²) in [7, 11) is 1.66. The third-order valence-corrected chi connectivity index (χ3v) is 4.40. The van der Waals surface area contributed by atoms with Crippen LogP contribution in [0, 0.1) is 5.92 Å². The Kier molecular flexibility index (Phi) is 8.01. The van der Waals surface area contributed by atoms with E-state index in [0.29, 0.717) is 13.1 Å². The number of likely N-dealkylation sites (N-methyl/N-ethyl adjacent to an activating group) is 1. The van der Waals surface area contributed by atoms with Crippen molar-refractivity contribution in [1.82, 2.24) is 10.2 Å². The number of ether oxygens (including phenoxy) is 1. The van der Waals surface area contributed by atoms with E-state index in [0.717, 1.165) is 37.0 Å². The minimum atomic E-state index is 0. The molecule has 1 aromatic heterocycles. The maximum Gasteiger partial charge on any atom is 0.233 e. The highest BCUT2D eigenvalue weighted by Crippen LogP contribution is 2.29. The van der Waals surface area contributed by atoms with Gasteiger partial charge in [-0.2, -0.15) is 0 Å². The number of nitrogens with one attached hydrogen (secondary N) is 1. The molecule has 3 rings (SSSR count). The van der Waals surface area contributed by atoms with Gasteiger partial charge in [0.25, 0.3) is 0 Å². The van der Waals surface area contributed by atoms with Gasteiger partial charge in [-0.1, -0.05) is 12.1 Å². The lowest BCUT2D eigenvalue weighted by Crippen LogP contribution is -2.36. The lowest BCUT2D eigenvalue weighted by atomic mass is 10.1. The molecule has 1 heterocycles. The molecule has 6 heteroatoms. The highest BCUT2D eigenvalue weighted by Gasteiger charge is 2.21. The van der Waals surface area contributed by atoms with Gasteiger partial charge < -0.3 is 14.5 Å². The summed E-state index contributed by atoms with van der Waals surface area (Å²) in [6.45, 7) is 2.58. The molecule has 0 unspecified atom stereocenters. The molecular weight excluding hydrogens is 352 g/mol. The van der Waals surface area contributed by atoms with Crippen LogP contribution in [0.5, 0.6) is 5.75 Å². The number of benzene rings is 1. The van der Waals surface area contributed by atoms with Crippen LogP contribution >= 0.6 is 12.4 Å². The first-order valence-electron chi connectivity index (χ1n) is 8.90. The van der Waals surface area contributed by atoms with Crippen molar-refractivity contribution in [1.29, 1.82) is 0 Å². The Hall–Kier alpha value is -1.98. The maximum absolute atomic E-state index is 11.8. The summed E-state index contributed by atoms with van der Waals surface area (Å²) in [4.78, 5) is 13.9. The Morgan fingerprint density at radius 2 is 2.15 bits per heavy atom. The largest absolute Gasteiger partial charge is 0.493 e. The summed E-state index contributed by atoms with van der Waals surface area (Å²) in [5.74, 6) is 2.56. The lowest BCUT2D eigenvalue weighted by molar-refractivity contribution is -0.121. The molecule has 1 N–H and O–H groups in total. The van der Waals surface area contributed by atoms with Crippen molar-refractivity contribution in [3.8, 4) is 5.75 Å². The second-order valence-electron chi connectivity index (χ2n) is 6.61. The average Bonchev–Trinajstić information content (AvgIpc) is 3.33. The predicted molar refractivity (Wildman–Crippen MR) is 104 cm³/mol. The Bertz CT molecular complexity index is 671. The van der Waals surface area contributed by atoms with Crippen LogP contribution < -0.4 is 10.1 Å². The molecule has 0 bridgehead atoms. The monoisotopic (exact) mass is 378 g/mol. The molecule has 2 aromatic rings. The number of rotatable bonds is 10. The van der Waals surface area contributed by atoms with E-state index in [9.17, 15) is 4.79 Å². The van der Waals surface area contributed by atoms with Gasteiger partial charge in [0.15, 0.2) is 0 Å². The Balaban J connectivity index is 0.00000243. The van der Waals surface area contributed by atoms with Crippen molar-refractivity contribution in [2.24, 2.45) is 5.92 Å². The maximum atomic E-state index is 11.8. The Morgan fingerprint density at radius 3 is 2.85 bits per heavy atom. The zero-order valence-corrected chi connectivity index (χ0v) is 16.0. The van der Waals surface area contributed by atoms with Gasteiger partial charge in [-0.3, -0.25) is 9.69 Å². The van der Waals surface area contributed by atoms with Gasteiger partial charge >= 0.3 is 0 Å². The van der Waals surface area contributed by atoms with Crippen molar-refractivity contribution in [3.05, 3.63) is 54.0 Å². The summed E-state index contributed by atoms with van der Waals surface area (Å²) < 4.78 is 11.3. The third kappa shape index (κ3) is 6.73. The van der Waals surface area contributed by atoms with E-state index in [1.165, 1.54) is 18.4 Å². The molecule has 26 heavy (non-hydrogen) atoms. The fourth-order valence-electron chi connectivity index (χ4n) is 2.70. The van der Waals surface area contributed by atoms with Gasteiger partial charge in [0.2, 0.25) is 5.91 Å².